The van der Waals surface area contributed by atoms with Crippen molar-refractivity contribution in [2.24, 2.45) is 17.8 Å². The van der Waals surface area contributed by atoms with Crippen LogP contribution >= 0.6 is 0 Å². The number of carbonyl (C=O) groups excluding carboxylic acids is 7. The molecule has 56 heavy (non-hydrogen) atoms. The Balaban J connectivity index is 1.65. The van der Waals surface area contributed by atoms with Crippen LogP contribution in [0.4, 0.5) is 4.79 Å². The lowest BCUT2D eigenvalue weighted by Gasteiger charge is -2.31. The third kappa shape index (κ3) is 15.5. The summed E-state index contributed by atoms with van der Waals surface area (Å²) in [6, 6.07) is 13.1. The van der Waals surface area contributed by atoms with Gasteiger partial charge in [0.25, 0.3) is 5.91 Å². The number of Topliss-reactive ketones (excluding diaryl/α,β-unsaturated/α-hetero) is 1. The minimum absolute atomic E-state index is 0.0125. The first-order valence-electron chi connectivity index (χ1n) is 19.7. The molecule has 14 nitrogen and oxygen atoms in total. The molecule has 0 bridgehead atoms. The number of hydrogen-bond acceptors (Lipinski definition) is 9. The van der Waals surface area contributed by atoms with Crippen molar-refractivity contribution in [3.8, 4) is 0 Å². The Kier molecular flexibility index (Phi) is 19.0. The van der Waals surface area contributed by atoms with E-state index in [9.17, 15) is 33.6 Å². The normalized spacial score (nSPS) is 15.1. The molecule has 0 spiro atoms. The summed E-state index contributed by atoms with van der Waals surface area (Å²) in [5, 5.41) is 13.1. The molecule has 0 radical (unpaired) electrons. The van der Waals surface area contributed by atoms with Gasteiger partial charge < -0.3 is 36.1 Å². The van der Waals surface area contributed by atoms with Crippen molar-refractivity contribution in [1.29, 1.82) is 0 Å². The van der Waals surface area contributed by atoms with Crippen molar-refractivity contribution >= 4 is 41.5 Å². The van der Waals surface area contributed by atoms with Crippen LogP contribution in [-0.2, 0) is 44.8 Å². The van der Waals surface area contributed by atoms with Crippen LogP contribution in [0.3, 0.4) is 0 Å². The minimum atomic E-state index is -1.24. The number of ketones is 1. The summed E-state index contributed by atoms with van der Waals surface area (Å²) in [6.07, 6.45) is 4.38. The Labute approximate surface area is 330 Å². The maximum absolute atomic E-state index is 13.8. The van der Waals surface area contributed by atoms with E-state index in [-0.39, 0.29) is 43.8 Å². The van der Waals surface area contributed by atoms with Gasteiger partial charge in [-0.2, -0.15) is 0 Å². The van der Waals surface area contributed by atoms with Crippen molar-refractivity contribution in [1.82, 2.24) is 26.6 Å². The third-order valence-corrected chi connectivity index (χ3v) is 9.31. The molecule has 1 fully saturated rings. The summed E-state index contributed by atoms with van der Waals surface area (Å²) >= 11 is 0. The fourth-order valence-electron chi connectivity index (χ4n) is 6.42. The first-order valence-corrected chi connectivity index (χ1v) is 19.7. The number of benzene rings is 2. The number of carbonyl (C=O) groups is 7. The number of ether oxygens (including phenoxy) is 2. The van der Waals surface area contributed by atoms with E-state index in [2.05, 4.69) is 26.6 Å². The standard InChI is InChI=1S/C42H59N5O9/c1-6-16-32(44-38(50)33(23-27(2)3)45-39(51)35(30-19-12-8-13-20-30)47-42(54)56-25-28(4)5)37(49)40(52)43-24-34(48)46-36(31-21-14-9-15-22-31)41(53)55-26-29-17-10-7-11-18-29/h7,9-11,14-15,17-18,21-22,27-28,30,32-33,35-36H,6,8,12-13,16,19-20,23-26H2,1-5H3,(H,43,52)(H,44,50)(H,45,51)(H,46,48)(H,47,54)/t32?,33-,35-,36-/m0/s1. The molecule has 2 aromatic rings. The van der Waals surface area contributed by atoms with Gasteiger partial charge in [0.2, 0.25) is 23.5 Å². The second kappa shape index (κ2) is 23.6. The van der Waals surface area contributed by atoms with E-state index < -0.39 is 72.2 Å². The van der Waals surface area contributed by atoms with Gasteiger partial charge in [0.05, 0.1) is 19.2 Å². The van der Waals surface area contributed by atoms with Crippen LogP contribution in [0.15, 0.2) is 60.7 Å². The second-order valence-electron chi connectivity index (χ2n) is 15.1. The summed E-state index contributed by atoms with van der Waals surface area (Å²) in [4.78, 5) is 92.7. The number of hydrogen-bond donors (Lipinski definition) is 5. The first kappa shape index (κ1) is 45.1. The molecule has 5 N–H and O–H groups in total. The van der Waals surface area contributed by atoms with Gasteiger partial charge in [-0.3, -0.25) is 24.0 Å². The molecule has 306 valence electrons. The topological polar surface area (TPSA) is 198 Å². The number of esters is 1. The molecule has 2 aromatic carbocycles. The van der Waals surface area contributed by atoms with Gasteiger partial charge in [0.1, 0.15) is 18.7 Å². The first-order chi connectivity index (χ1) is 26.8. The highest BCUT2D eigenvalue weighted by atomic mass is 16.5. The van der Waals surface area contributed by atoms with Gasteiger partial charge in [-0.15, -0.1) is 0 Å². The molecule has 3 rings (SSSR count). The van der Waals surface area contributed by atoms with Crippen molar-refractivity contribution in [3.05, 3.63) is 71.8 Å². The molecular weight excluding hydrogens is 718 g/mol. The summed E-state index contributed by atoms with van der Waals surface area (Å²) in [6.45, 7) is 8.89. The van der Waals surface area contributed by atoms with Crippen molar-refractivity contribution in [2.45, 2.75) is 117 Å². The van der Waals surface area contributed by atoms with E-state index in [4.69, 9.17) is 9.47 Å². The van der Waals surface area contributed by atoms with Crippen LogP contribution in [0.2, 0.25) is 0 Å². The fraction of sp³-hybridized carbons (Fsp3) is 0.548. The number of amides is 5. The van der Waals surface area contributed by atoms with Gasteiger partial charge >= 0.3 is 12.1 Å². The quantitative estimate of drug-likeness (QED) is 0.0900. The van der Waals surface area contributed by atoms with Crippen LogP contribution in [0.1, 0.15) is 103 Å². The summed E-state index contributed by atoms with van der Waals surface area (Å²) in [5.74, 6) is -4.80. The molecule has 1 unspecified atom stereocenters. The number of alkyl carbamates (subject to hydrolysis) is 1. The van der Waals surface area contributed by atoms with E-state index in [1.165, 1.54) is 0 Å². The lowest BCUT2D eigenvalue weighted by molar-refractivity contribution is -0.149. The zero-order valence-electron chi connectivity index (χ0n) is 33.3. The smallest absolute Gasteiger partial charge is 0.407 e. The molecule has 1 saturated carbocycles. The third-order valence-electron chi connectivity index (χ3n) is 9.31. The van der Waals surface area contributed by atoms with Crippen molar-refractivity contribution in [2.75, 3.05) is 13.2 Å². The molecule has 1 aliphatic rings. The van der Waals surface area contributed by atoms with Gasteiger partial charge in [-0.25, -0.2) is 9.59 Å². The Bertz CT molecular complexity index is 1600. The van der Waals surface area contributed by atoms with Gasteiger partial charge in [0, 0.05) is 0 Å². The Morgan fingerprint density at radius 2 is 1.34 bits per heavy atom. The van der Waals surface area contributed by atoms with Crippen molar-refractivity contribution < 1.29 is 43.0 Å². The fourth-order valence-corrected chi connectivity index (χ4v) is 6.42. The molecule has 1 aliphatic carbocycles. The molecule has 0 aliphatic heterocycles. The van der Waals surface area contributed by atoms with E-state index >= 15 is 0 Å². The highest BCUT2D eigenvalue weighted by molar-refractivity contribution is 6.38. The Morgan fingerprint density at radius 3 is 1.95 bits per heavy atom. The maximum atomic E-state index is 13.8. The zero-order valence-corrected chi connectivity index (χ0v) is 33.3. The molecule has 0 heterocycles. The second-order valence-corrected chi connectivity index (χ2v) is 15.1. The molecule has 14 heteroatoms. The van der Waals surface area contributed by atoms with Crippen LogP contribution in [0.5, 0.6) is 0 Å². The van der Waals surface area contributed by atoms with Crippen LogP contribution < -0.4 is 26.6 Å². The van der Waals surface area contributed by atoms with Gasteiger partial charge in [-0.05, 0) is 54.6 Å². The van der Waals surface area contributed by atoms with Crippen molar-refractivity contribution in [3.63, 3.8) is 0 Å². The monoisotopic (exact) mass is 777 g/mol. The minimum Gasteiger partial charge on any atom is -0.459 e. The molecule has 0 aromatic heterocycles. The average molecular weight is 778 g/mol. The highest BCUT2D eigenvalue weighted by Crippen LogP contribution is 2.27. The van der Waals surface area contributed by atoms with E-state index in [1.54, 1.807) is 49.4 Å². The lowest BCUT2D eigenvalue weighted by Crippen LogP contribution is -2.58. The maximum Gasteiger partial charge on any atom is 0.407 e. The summed E-state index contributed by atoms with van der Waals surface area (Å²) < 4.78 is 10.8. The van der Waals surface area contributed by atoms with Crippen LogP contribution in [0, 0.1) is 17.8 Å². The van der Waals surface area contributed by atoms with Crippen LogP contribution in [0.25, 0.3) is 0 Å². The van der Waals surface area contributed by atoms with E-state index in [1.807, 2.05) is 45.9 Å². The Hall–Kier alpha value is -5.27. The highest BCUT2D eigenvalue weighted by Gasteiger charge is 2.36. The predicted molar refractivity (Wildman–Crippen MR) is 209 cm³/mol. The van der Waals surface area contributed by atoms with E-state index in [0.29, 0.717) is 12.0 Å². The van der Waals surface area contributed by atoms with Gasteiger partial charge in [0.15, 0.2) is 6.04 Å². The van der Waals surface area contributed by atoms with Crippen LogP contribution in [-0.4, -0.2) is 72.8 Å². The summed E-state index contributed by atoms with van der Waals surface area (Å²) in [7, 11) is 0. The largest absolute Gasteiger partial charge is 0.459 e. The number of nitrogens with one attached hydrogen (secondary N) is 5. The summed E-state index contributed by atoms with van der Waals surface area (Å²) in [5.41, 5.74) is 1.22. The Morgan fingerprint density at radius 1 is 0.714 bits per heavy atom. The SMILES string of the molecule is CCCC(NC(=O)[C@H](CC(C)C)NC(=O)[C@@H](NC(=O)OCC(C)C)C1CCCCC1)C(=O)C(=O)NCC(=O)N[C@H](C(=O)OCc1ccccc1)c1ccccc1. The van der Waals surface area contributed by atoms with E-state index in [0.717, 1.165) is 37.7 Å². The molecule has 5 amide bonds. The average Bonchev–Trinajstić information content (AvgIpc) is 3.19. The molecular formula is C42H59N5O9. The predicted octanol–water partition coefficient (Wildman–Crippen LogP) is 4.42. The lowest BCUT2D eigenvalue weighted by atomic mass is 9.83. The molecule has 4 atom stereocenters. The molecule has 0 saturated heterocycles. The number of rotatable bonds is 21. The zero-order chi connectivity index (χ0) is 41.0. The van der Waals surface area contributed by atoms with Gasteiger partial charge in [-0.1, -0.05) is 121 Å².